The van der Waals surface area contributed by atoms with Gasteiger partial charge in [-0.2, -0.15) is 0 Å². The van der Waals surface area contributed by atoms with E-state index in [1.54, 1.807) is 7.11 Å². The first-order valence-electron chi connectivity index (χ1n) is 6.92. The summed E-state index contributed by atoms with van der Waals surface area (Å²) in [5.74, 6) is 0. The number of anilines is 1. The fraction of sp³-hybridized carbons (Fsp3) is 0.600. The standard InChI is InChI=1S/C15H26N2O2/c1-3-8-17(9-10-19-12-11-18-2)15-6-4-14(13-16)5-7-15/h4-7H,3,8-13,16H2,1-2H3. The van der Waals surface area contributed by atoms with E-state index in [2.05, 4.69) is 36.1 Å². The molecule has 2 N–H and O–H groups in total. The van der Waals surface area contributed by atoms with Crippen LogP contribution in [0.15, 0.2) is 24.3 Å². The Morgan fingerprint density at radius 1 is 1.05 bits per heavy atom. The number of nitrogens with two attached hydrogens (primary N) is 1. The molecular formula is C15H26N2O2. The number of hydrogen-bond acceptors (Lipinski definition) is 4. The van der Waals surface area contributed by atoms with Gasteiger partial charge in [-0.1, -0.05) is 19.1 Å². The molecule has 4 heteroatoms. The van der Waals surface area contributed by atoms with Gasteiger partial charge >= 0.3 is 0 Å². The minimum absolute atomic E-state index is 0.591. The average Bonchev–Trinajstić information content (AvgIpc) is 2.46. The van der Waals surface area contributed by atoms with Gasteiger partial charge in [0.1, 0.15) is 0 Å². The van der Waals surface area contributed by atoms with Gasteiger partial charge in [-0.15, -0.1) is 0 Å². The molecule has 0 spiro atoms. The van der Waals surface area contributed by atoms with Crippen molar-refractivity contribution in [3.05, 3.63) is 29.8 Å². The Kier molecular flexibility index (Phi) is 8.21. The van der Waals surface area contributed by atoms with E-state index < -0.39 is 0 Å². The van der Waals surface area contributed by atoms with Gasteiger partial charge in [0.2, 0.25) is 0 Å². The summed E-state index contributed by atoms with van der Waals surface area (Å²) in [6, 6.07) is 8.44. The minimum Gasteiger partial charge on any atom is -0.382 e. The quantitative estimate of drug-likeness (QED) is 0.658. The summed E-state index contributed by atoms with van der Waals surface area (Å²) >= 11 is 0. The van der Waals surface area contributed by atoms with Crippen molar-refractivity contribution in [1.29, 1.82) is 0 Å². The molecule has 1 aromatic rings. The Bertz CT molecular complexity index is 327. The van der Waals surface area contributed by atoms with Crippen molar-refractivity contribution in [3.63, 3.8) is 0 Å². The normalized spacial score (nSPS) is 10.7. The Morgan fingerprint density at radius 2 is 1.79 bits per heavy atom. The van der Waals surface area contributed by atoms with Crippen LogP contribution in [0.2, 0.25) is 0 Å². The van der Waals surface area contributed by atoms with Crippen LogP contribution in [0.3, 0.4) is 0 Å². The predicted octanol–water partition coefficient (Wildman–Crippen LogP) is 2.02. The highest BCUT2D eigenvalue weighted by atomic mass is 16.5. The maximum atomic E-state index is 5.62. The van der Waals surface area contributed by atoms with Gasteiger partial charge in [-0.05, 0) is 24.1 Å². The molecule has 4 nitrogen and oxygen atoms in total. The smallest absolute Gasteiger partial charge is 0.0701 e. The summed E-state index contributed by atoms with van der Waals surface area (Å²) in [7, 11) is 1.69. The summed E-state index contributed by atoms with van der Waals surface area (Å²) in [5.41, 5.74) is 8.01. The van der Waals surface area contributed by atoms with Crippen LogP contribution in [0.1, 0.15) is 18.9 Å². The molecule has 0 unspecified atom stereocenters. The molecule has 0 aliphatic heterocycles. The Balaban J connectivity index is 2.45. The monoisotopic (exact) mass is 266 g/mol. The fourth-order valence-electron chi connectivity index (χ4n) is 1.90. The van der Waals surface area contributed by atoms with Crippen molar-refractivity contribution in [3.8, 4) is 0 Å². The summed E-state index contributed by atoms with van der Waals surface area (Å²) in [6.07, 6.45) is 1.12. The maximum Gasteiger partial charge on any atom is 0.0701 e. The Hall–Kier alpha value is -1.10. The van der Waals surface area contributed by atoms with Crippen molar-refractivity contribution < 1.29 is 9.47 Å². The van der Waals surface area contributed by atoms with Gasteiger partial charge < -0.3 is 20.1 Å². The molecular weight excluding hydrogens is 240 g/mol. The first kappa shape index (κ1) is 16.0. The van der Waals surface area contributed by atoms with E-state index in [0.29, 0.717) is 19.8 Å². The van der Waals surface area contributed by atoms with Crippen LogP contribution < -0.4 is 10.6 Å². The lowest BCUT2D eigenvalue weighted by molar-refractivity contribution is 0.0740. The largest absolute Gasteiger partial charge is 0.382 e. The minimum atomic E-state index is 0.591. The van der Waals surface area contributed by atoms with Gasteiger partial charge in [0, 0.05) is 32.4 Å². The van der Waals surface area contributed by atoms with Crippen LogP contribution in [-0.2, 0) is 16.0 Å². The van der Waals surface area contributed by atoms with E-state index in [-0.39, 0.29) is 0 Å². The highest BCUT2D eigenvalue weighted by Gasteiger charge is 2.05. The zero-order chi connectivity index (χ0) is 13.9. The fourth-order valence-corrected chi connectivity index (χ4v) is 1.90. The zero-order valence-corrected chi connectivity index (χ0v) is 12.1. The van der Waals surface area contributed by atoms with Gasteiger partial charge in [0.15, 0.2) is 0 Å². The molecule has 0 aliphatic rings. The zero-order valence-electron chi connectivity index (χ0n) is 12.1. The van der Waals surface area contributed by atoms with E-state index >= 15 is 0 Å². The van der Waals surface area contributed by atoms with Gasteiger partial charge in [-0.25, -0.2) is 0 Å². The van der Waals surface area contributed by atoms with Crippen molar-refractivity contribution in [1.82, 2.24) is 0 Å². The lowest BCUT2D eigenvalue weighted by Gasteiger charge is -2.24. The average molecular weight is 266 g/mol. The summed E-state index contributed by atoms with van der Waals surface area (Å²) in [6.45, 7) is 6.75. The van der Waals surface area contributed by atoms with Crippen molar-refractivity contribution in [2.45, 2.75) is 19.9 Å². The van der Waals surface area contributed by atoms with E-state index in [1.165, 1.54) is 5.69 Å². The van der Waals surface area contributed by atoms with E-state index in [4.69, 9.17) is 15.2 Å². The predicted molar refractivity (Wildman–Crippen MR) is 79.5 cm³/mol. The van der Waals surface area contributed by atoms with Crippen molar-refractivity contribution >= 4 is 5.69 Å². The van der Waals surface area contributed by atoms with E-state index in [9.17, 15) is 0 Å². The second-order valence-corrected chi connectivity index (χ2v) is 4.46. The summed E-state index contributed by atoms with van der Waals surface area (Å²) < 4.78 is 10.5. The molecule has 19 heavy (non-hydrogen) atoms. The highest BCUT2D eigenvalue weighted by Crippen LogP contribution is 2.15. The van der Waals surface area contributed by atoms with Gasteiger partial charge in [-0.3, -0.25) is 0 Å². The van der Waals surface area contributed by atoms with E-state index in [1.807, 2.05) is 0 Å². The molecule has 108 valence electrons. The van der Waals surface area contributed by atoms with Gasteiger partial charge in [0.25, 0.3) is 0 Å². The van der Waals surface area contributed by atoms with Crippen molar-refractivity contribution in [2.24, 2.45) is 5.73 Å². The van der Waals surface area contributed by atoms with E-state index in [0.717, 1.165) is 31.7 Å². The molecule has 0 atom stereocenters. The molecule has 0 amide bonds. The number of methoxy groups -OCH3 is 1. The third kappa shape index (κ3) is 6.05. The molecule has 1 aromatic carbocycles. The van der Waals surface area contributed by atoms with Crippen LogP contribution in [0, 0.1) is 0 Å². The number of rotatable bonds is 10. The molecule has 0 saturated heterocycles. The topological polar surface area (TPSA) is 47.7 Å². The number of ether oxygens (including phenoxy) is 2. The van der Waals surface area contributed by atoms with Crippen LogP contribution in [-0.4, -0.2) is 40.0 Å². The SMILES string of the molecule is CCCN(CCOCCOC)c1ccc(CN)cc1. The molecule has 0 saturated carbocycles. The Labute approximate surface area is 116 Å². The first-order valence-corrected chi connectivity index (χ1v) is 6.92. The molecule has 1 rings (SSSR count). The van der Waals surface area contributed by atoms with Crippen LogP contribution in [0.4, 0.5) is 5.69 Å². The third-order valence-corrected chi connectivity index (χ3v) is 2.97. The first-order chi connectivity index (χ1) is 9.31. The number of nitrogens with zero attached hydrogens (tertiary/aromatic N) is 1. The highest BCUT2D eigenvalue weighted by molar-refractivity contribution is 5.47. The molecule has 0 fully saturated rings. The second kappa shape index (κ2) is 9.78. The molecule has 0 aliphatic carbocycles. The summed E-state index contributed by atoms with van der Waals surface area (Å²) in [4.78, 5) is 2.34. The van der Waals surface area contributed by atoms with Crippen LogP contribution in [0.25, 0.3) is 0 Å². The van der Waals surface area contributed by atoms with Crippen LogP contribution in [0.5, 0.6) is 0 Å². The Morgan fingerprint density at radius 3 is 2.37 bits per heavy atom. The van der Waals surface area contributed by atoms with Crippen molar-refractivity contribution in [2.75, 3.05) is 44.9 Å². The maximum absolute atomic E-state index is 5.62. The molecule has 0 radical (unpaired) electrons. The molecule has 0 bridgehead atoms. The number of benzene rings is 1. The van der Waals surface area contributed by atoms with Gasteiger partial charge in [0.05, 0.1) is 19.8 Å². The lowest BCUT2D eigenvalue weighted by atomic mass is 10.2. The number of hydrogen-bond donors (Lipinski definition) is 1. The lowest BCUT2D eigenvalue weighted by Crippen LogP contribution is -2.28. The van der Waals surface area contributed by atoms with Crippen LogP contribution >= 0.6 is 0 Å². The molecule has 0 aromatic heterocycles. The second-order valence-electron chi connectivity index (χ2n) is 4.46. The molecule has 0 heterocycles. The summed E-state index contributed by atoms with van der Waals surface area (Å²) in [5, 5.41) is 0. The third-order valence-electron chi connectivity index (χ3n) is 2.97.